The summed E-state index contributed by atoms with van der Waals surface area (Å²) < 4.78 is 5.09. The number of nitrogens with zero attached hydrogens (tertiary/aromatic N) is 1. The van der Waals surface area contributed by atoms with Gasteiger partial charge in [-0.05, 0) is 26.0 Å². The summed E-state index contributed by atoms with van der Waals surface area (Å²) in [6.07, 6.45) is 0. The van der Waals surface area contributed by atoms with Gasteiger partial charge >= 0.3 is 6.03 Å². The van der Waals surface area contributed by atoms with Crippen LogP contribution in [0.15, 0.2) is 24.3 Å². The Kier molecular flexibility index (Phi) is 4.01. The van der Waals surface area contributed by atoms with E-state index in [4.69, 9.17) is 4.74 Å². The monoisotopic (exact) mass is 277 g/mol. The number of methoxy groups -OCH3 is 1. The van der Waals surface area contributed by atoms with Crippen LogP contribution in [0.25, 0.3) is 0 Å². The molecule has 0 spiro atoms. The Hall–Kier alpha value is -2.08. The lowest BCUT2D eigenvalue weighted by Crippen LogP contribution is -2.19. The van der Waals surface area contributed by atoms with Crippen molar-refractivity contribution in [3.8, 4) is 5.75 Å². The number of hydrogen-bond donors (Lipinski definition) is 2. The molecule has 1 heterocycles. The van der Waals surface area contributed by atoms with E-state index in [-0.39, 0.29) is 6.03 Å². The number of amides is 2. The van der Waals surface area contributed by atoms with Gasteiger partial charge in [-0.25, -0.2) is 9.78 Å². The van der Waals surface area contributed by atoms with E-state index in [1.165, 1.54) is 11.3 Å². The number of nitrogens with one attached hydrogen (secondary N) is 2. The SMILES string of the molecule is COc1cccc(NC(=O)Nc2nc(C)c(C)s2)c1. The van der Waals surface area contributed by atoms with E-state index < -0.39 is 0 Å². The number of thiazole rings is 1. The highest BCUT2D eigenvalue weighted by Crippen LogP contribution is 2.21. The van der Waals surface area contributed by atoms with E-state index in [1.807, 2.05) is 26.0 Å². The van der Waals surface area contributed by atoms with Crippen molar-refractivity contribution in [1.29, 1.82) is 0 Å². The topological polar surface area (TPSA) is 63.2 Å². The first-order valence-electron chi connectivity index (χ1n) is 5.74. The quantitative estimate of drug-likeness (QED) is 0.903. The number of aromatic nitrogens is 1. The Balaban J connectivity index is 2.00. The summed E-state index contributed by atoms with van der Waals surface area (Å²) in [6.45, 7) is 3.88. The van der Waals surface area contributed by atoms with E-state index in [2.05, 4.69) is 15.6 Å². The molecule has 0 aliphatic carbocycles. The molecule has 0 fully saturated rings. The maximum atomic E-state index is 11.8. The van der Waals surface area contributed by atoms with Crippen LogP contribution in [0, 0.1) is 13.8 Å². The number of carbonyl (C=O) groups is 1. The number of aryl methyl sites for hydroxylation is 2. The summed E-state index contributed by atoms with van der Waals surface area (Å²) >= 11 is 1.45. The van der Waals surface area contributed by atoms with E-state index >= 15 is 0 Å². The first-order valence-corrected chi connectivity index (χ1v) is 6.56. The molecule has 0 saturated carbocycles. The summed E-state index contributed by atoms with van der Waals surface area (Å²) in [5.74, 6) is 0.693. The normalized spacial score (nSPS) is 10.1. The molecule has 5 nitrogen and oxygen atoms in total. The van der Waals surface area contributed by atoms with Crippen LogP contribution in [0.1, 0.15) is 10.6 Å². The van der Waals surface area contributed by atoms with E-state index in [9.17, 15) is 4.79 Å². The smallest absolute Gasteiger partial charge is 0.325 e. The first kappa shape index (κ1) is 13.4. The Bertz CT molecular complexity index is 576. The molecule has 2 N–H and O–H groups in total. The summed E-state index contributed by atoms with van der Waals surface area (Å²) in [5.41, 5.74) is 1.60. The van der Waals surface area contributed by atoms with Gasteiger partial charge in [-0.15, -0.1) is 11.3 Å². The Morgan fingerprint density at radius 3 is 2.74 bits per heavy atom. The van der Waals surface area contributed by atoms with Crippen molar-refractivity contribution >= 4 is 28.2 Å². The fourth-order valence-electron chi connectivity index (χ4n) is 1.49. The molecule has 0 unspecified atom stereocenters. The third-order valence-electron chi connectivity index (χ3n) is 2.58. The summed E-state index contributed by atoms with van der Waals surface area (Å²) in [6, 6.07) is 6.85. The maximum absolute atomic E-state index is 11.8. The van der Waals surface area contributed by atoms with Crippen LogP contribution in [-0.2, 0) is 0 Å². The number of hydrogen-bond acceptors (Lipinski definition) is 4. The summed E-state index contributed by atoms with van der Waals surface area (Å²) in [5, 5.41) is 6.03. The predicted molar refractivity (Wildman–Crippen MR) is 77.2 cm³/mol. The van der Waals surface area contributed by atoms with E-state index in [0.29, 0.717) is 16.6 Å². The van der Waals surface area contributed by atoms with Crippen LogP contribution in [0.4, 0.5) is 15.6 Å². The zero-order valence-electron chi connectivity index (χ0n) is 11.0. The number of benzene rings is 1. The number of carbonyl (C=O) groups excluding carboxylic acids is 1. The molecule has 0 bridgehead atoms. The van der Waals surface area contributed by atoms with Crippen molar-refractivity contribution < 1.29 is 9.53 Å². The molecule has 6 heteroatoms. The van der Waals surface area contributed by atoms with Gasteiger partial charge in [0, 0.05) is 16.6 Å². The highest BCUT2D eigenvalue weighted by molar-refractivity contribution is 7.15. The largest absolute Gasteiger partial charge is 0.497 e. The highest BCUT2D eigenvalue weighted by Gasteiger charge is 2.08. The predicted octanol–water partition coefficient (Wildman–Crippen LogP) is 3.41. The van der Waals surface area contributed by atoms with Crippen molar-refractivity contribution in [1.82, 2.24) is 4.98 Å². The van der Waals surface area contributed by atoms with Gasteiger partial charge in [-0.2, -0.15) is 0 Å². The number of rotatable bonds is 3. The minimum atomic E-state index is -0.318. The molecule has 0 aliphatic rings. The zero-order valence-corrected chi connectivity index (χ0v) is 11.8. The lowest BCUT2D eigenvalue weighted by molar-refractivity contribution is 0.262. The second kappa shape index (κ2) is 5.71. The molecular formula is C13H15N3O2S. The van der Waals surface area contributed by atoms with Crippen molar-refractivity contribution in [2.75, 3.05) is 17.7 Å². The molecule has 0 radical (unpaired) electrons. The third kappa shape index (κ3) is 3.45. The second-order valence-electron chi connectivity index (χ2n) is 3.97. The van der Waals surface area contributed by atoms with Gasteiger partial charge in [0.15, 0.2) is 5.13 Å². The lowest BCUT2D eigenvalue weighted by atomic mass is 10.3. The number of urea groups is 1. The van der Waals surface area contributed by atoms with Gasteiger partial charge in [-0.1, -0.05) is 6.07 Å². The van der Waals surface area contributed by atoms with Crippen LogP contribution in [0.2, 0.25) is 0 Å². The fraction of sp³-hybridized carbons (Fsp3) is 0.231. The molecule has 1 aromatic heterocycles. The van der Waals surface area contributed by atoms with Gasteiger partial charge < -0.3 is 10.1 Å². The Labute approximate surface area is 115 Å². The molecule has 100 valence electrons. The fourth-order valence-corrected chi connectivity index (χ4v) is 2.30. The molecule has 2 rings (SSSR count). The first-order chi connectivity index (χ1) is 9.08. The van der Waals surface area contributed by atoms with Gasteiger partial charge in [0.2, 0.25) is 0 Å². The van der Waals surface area contributed by atoms with Gasteiger partial charge in [0.05, 0.1) is 12.8 Å². The van der Waals surface area contributed by atoms with Crippen molar-refractivity contribution in [3.63, 3.8) is 0 Å². The maximum Gasteiger partial charge on any atom is 0.325 e. The molecule has 0 aliphatic heterocycles. The van der Waals surface area contributed by atoms with Gasteiger partial charge in [0.1, 0.15) is 5.75 Å². The van der Waals surface area contributed by atoms with E-state index in [0.717, 1.165) is 10.6 Å². The van der Waals surface area contributed by atoms with Crippen molar-refractivity contribution in [2.45, 2.75) is 13.8 Å². The number of anilines is 2. The van der Waals surface area contributed by atoms with Crippen molar-refractivity contribution in [2.24, 2.45) is 0 Å². The third-order valence-corrected chi connectivity index (χ3v) is 3.56. The standard InChI is InChI=1S/C13H15N3O2S/c1-8-9(2)19-13(14-8)16-12(17)15-10-5-4-6-11(7-10)18-3/h4-7H,1-3H3,(H2,14,15,16,17). The van der Waals surface area contributed by atoms with Crippen LogP contribution in [-0.4, -0.2) is 18.1 Å². The van der Waals surface area contributed by atoms with Crippen molar-refractivity contribution in [3.05, 3.63) is 34.8 Å². The molecule has 0 atom stereocenters. The average Bonchev–Trinajstić information content (AvgIpc) is 2.68. The van der Waals surface area contributed by atoms with Crippen LogP contribution < -0.4 is 15.4 Å². The van der Waals surface area contributed by atoms with Gasteiger partial charge in [-0.3, -0.25) is 5.32 Å². The van der Waals surface area contributed by atoms with Gasteiger partial charge in [0.25, 0.3) is 0 Å². The van der Waals surface area contributed by atoms with Crippen LogP contribution in [0.3, 0.4) is 0 Å². The minimum absolute atomic E-state index is 0.318. The summed E-state index contributed by atoms with van der Waals surface area (Å²) in [4.78, 5) is 17.1. The number of ether oxygens (including phenoxy) is 1. The molecular weight excluding hydrogens is 262 g/mol. The van der Waals surface area contributed by atoms with Crippen LogP contribution in [0.5, 0.6) is 5.75 Å². The highest BCUT2D eigenvalue weighted by atomic mass is 32.1. The summed E-state index contributed by atoms with van der Waals surface area (Å²) in [7, 11) is 1.58. The molecule has 0 saturated heterocycles. The Morgan fingerprint density at radius 2 is 2.11 bits per heavy atom. The lowest BCUT2D eigenvalue weighted by Gasteiger charge is -2.06. The molecule has 2 amide bonds. The molecule has 2 aromatic rings. The van der Waals surface area contributed by atoms with E-state index in [1.54, 1.807) is 19.2 Å². The Morgan fingerprint density at radius 1 is 1.32 bits per heavy atom. The van der Waals surface area contributed by atoms with Crippen LogP contribution >= 0.6 is 11.3 Å². The minimum Gasteiger partial charge on any atom is -0.497 e. The zero-order chi connectivity index (χ0) is 13.8. The molecule has 1 aromatic carbocycles. The average molecular weight is 277 g/mol. The second-order valence-corrected chi connectivity index (χ2v) is 5.17. The molecule has 19 heavy (non-hydrogen) atoms.